The third-order valence-electron chi connectivity index (χ3n) is 5.45. The minimum atomic E-state index is 0.0802. The number of furan rings is 1. The van der Waals surface area contributed by atoms with Crippen LogP contribution in [0.3, 0.4) is 0 Å². The van der Waals surface area contributed by atoms with Crippen LogP contribution in [0, 0.1) is 17.8 Å². The maximum absolute atomic E-state index is 12.3. The highest BCUT2D eigenvalue weighted by molar-refractivity contribution is 7.13. The molecule has 4 rings (SSSR count). The van der Waals surface area contributed by atoms with Gasteiger partial charge >= 0.3 is 0 Å². The molecule has 2 fully saturated rings. The molecule has 0 saturated heterocycles. The standard InChI is InChI=1S/C18H22N2O2S/c1-11(15-8-12-4-5-13(15)7-12)19-17(21)9-14-10-23-18(20-14)16-3-2-6-22-16/h2-3,6,10-13,15H,4-5,7-9H2,1H3,(H,19,21)/t11-,12+,13+,15-/m1/s1. The summed E-state index contributed by atoms with van der Waals surface area (Å²) in [7, 11) is 0. The predicted molar refractivity (Wildman–Crippen MR) is 90.1 cm³/mol. The lowest BCUT2D eigenvalue weighted by molar-refractivity contribution is -0.121. The number of aromatic nitrogens is 1. The molecule has 23 heavy (non-hydrogen) atoms. The van der Waals surface area contributed by atoms with Gasteiger partial charge in [0, 0.05) is 11.4 Å². The highest BCUT2D eigenvalue weighted by Crippen LogP contribution is 2.49. The van der Waals surface area contributed by atoms with Gasteiger partial charge in [-0.15, -0.1) is 11.3 Å². The summed E-state index contributed by atoms with van der Waals surface area (Å²) in [5.74, 6) is 3.26. The first kappa shape index (κ1) is 14.9. The van der Waals surface area contributed by atoms with Crippen LogP contribution in [0.2, 0.25) is 0 Å². The Morgan fingerprint density at radius 3 is 3.09 bits per heavy atom. The molecule has 2 aliphatic rings. The van der Waals surface area contributed by atoms with Gasteiger partial charge in [-0.3, -0.25) is 4.79 Å². The van der Waals surface area contributed by atoms with Crippen molar-refractivity contribution >= 4 is 17.2 Å². The third kappa shape index (κ3) is 3.07. The van der Waals surface area contributed by atoms with Gasteiger partial charge in [-0.1, -0.05) is 6.42 Å². The van der Waals surface area contributed by atoms with Crippen molar-refractivity contribution in [1.82, 2.24) is 10.3 Å². The second-order valence-electron chi connectivity index (χ2n) is 6.99. The first-order chi connectivity index (χ1) is 11.2. The smallest absolute Gasteiger partial charge is 0.226 e. The van der Waals surface area contributed by atoms with Crippen LogP contribution in [0.15, 0.2) is 28.2 Å². The lowest BCUT2D eigenvalue weighted by Crippen LogP contribution is -2.40. The number of rotatable bonds is 5. The van der Waals surface area contributed by atoms with Crippen molar-refractivity contribution < 1.29 is 9.21 Å². The van der Waals surface area contributed by atoms with E-state index in [0.717, 1.165) is 28.3 Å². The molecule has 2 aromatic rings. The van der Waals surface area contributed by atoms with Crippen LogP contribution in [0.4, 0.5) is 0 Å². The van der Waals surface area contributed by atoms with E-state index in [4.69, 9.17) is 4.42 Å². The number of hydrogen-bond acceptors (Lipinski definition) is 4. The lowest BCUT2D eigenvalue weighted by atomic mass is 9.84. The highest BCUT2D eigenvalue weighted by Gasteiger charge is 2.42. The van der Waals surface area contributed by atoms with Gasteiger partial charge in [-0.05, 0) is 56.1 Å². The van der Waals surface area contributed by atoms with E-state index in [1.165, 1.54) is 37.0 Å². The van der Waals surface area contributed by atoms with Gasteiger partial charge in [0.25, 0.3) is 0 Å². The van der Waals surface area contributed by atoms with Crippen LogP contribution in [-0.2, 0) is 11.2 Å². The second kappa shape index (κ2) is 6.11. The zero-order valence-electron chi connectivity index (χ0n) is 13.3. The van der Waals surface area contributed by atoms with E-state index in [9.17, 15) is 4.79 Å². The van der Waals surface area contributed by atoms with Gasteiger partial charge in [-0.25, -0.2) is 4.98 Å². The number of thiazole rings is 1. The second-order valence-corrected chi connectivity index (χ2v) is 7.85. The Hall–Kier alpha value is -1.62. The predicted octanol–water partition coefficient (Wildman–Crippen LogP) is 3.89. The number of amides is 1. The van der Waals surface area contributed by atoms with E-state index in [1.54, 1.807) is 6.26 Å². The van der Waals surface area contributed by atoms with Gasteiger partial charge in [0.15, 0.2) is 10.8 Å². The summed E-state index contributed by atoms with van der Waals surface area (Å²) in [5.41, 5.74) is 0.819. The molecular formula is C18H22N2O2S. The van der Waals surface area contributed by atoms with Gasteiger partial charge in [0.05, 0.1) is 18.4 Å². The molecule has 122 valence electrons. The summed E-state index contributed by atoms with van der Waals surface area (Å²) in [6, 6.07) is 4.01. The van der Waals surface area contributed by atoms with E-state index in [2.05, 4.69) is 17.2 Å². The van der Waals surface area contributed by atoms with Crippen molar-refractivity contribution in [2.75, 3.05) is 0 Å². The first-order valence-electron chi connectivity index (χ1n) is 8.46. The van der Waals surface area contributed by atoms with Crippen molar-refractivity contribution in [3.8, 4) is 10.8 Å². The quantitative estimate of drug-likeness (QED) is 0.905. The van der Waals surface area contributed by atoms with Crippen LogP contribution >= 0.6 is 11.3 Å². The molecule has 4 nitrogen and oxygen atoms in total. The molecule has 2 aliphatic carbocycles. The van der Waals surface area contributed by atoms with Crippen molar-refractivity contribution in [3.05, 3.63) is 29.5 Å². The van der Waals surface area contributed by atoms with E-state index in [-0.39, 0.29) is 11.9 Å². The summed E-state index contributed by atoms with van der Waals surface area (Å²) in [5, 5.41) is 5.98. The Labute approximate surface area is 140 Å². The van der Waals surface area contributed by atoms with Crippen LogP contribution in [0.5, 0.6) is 0 Å². The molecule has 0 aliphatic heterocycles. The molecule has 0 unspecified atom stereocenters. The largest absolute Gasteiger partial charge is 0.462 e. The Morgan fingerprint density at radius 1 is 1.48 bits per heavy atom. The Kier molecular flexibility index (Phi) is 3.97. The van der Waals surface area contributed by atoms with Crippen LogP contribution in [0.25, 0.3) is 10.8 Å². The molecule has 2 aromatic heterocycles. The van der Waals surface area contributed by atoms with Crippen LogP contribution in [0.1, 0.15) is 38.3 Å². The molecule has 1 N–H and O–H groups in total. The zero-order valence-corrected chi connectivity index (χ0v) is 14.1. The molecule has 0 radical (unpaired) electrons. The van der Waals surface area contributed by atoms with Gasteiger partial charge in [0.2, 0.25) is 5.91 Å². The summed E-state index contributed by atoms with van der Waals surface area (Å²) >= 11 is 1.52. The van der Waals surface area contributed by atoms with Crippen molar-refractivity contribution in [2.45, 2.75) is 45.1 Å². The number of carbonyl (C=O) groups excluding carboxylic acids is 1. The monoisotopic (exact) mass is 330 g/mol. The van der Waals surface area contributed by atoms with Crippen LogP contribution in [-0.4, -0.2) is 16.9 Å². The molecule has 2 heterocycles. The maximum atomic E-state index is 12.3. The highest BCUT2D eigenvalue weighted by atomic mass is 32.1. The summed E-state index contributed by atoms with van der Waals surface area (Å²) in [6.45, 7) is 2.17. The number of carbonyl (C=O) groups is 1. The van der Waals surface area contributed by atoms with E-state index >= 15 is 0 Å². The average molecular weight is 330 g/mol. The lowest BCUT2D eigenvalue weighted by Gasteiger charge is -2.28. The number of fused-ring (bicyclic) bond motifs is 2. The van der Waals surface area contributed by atoms with E-state index < -0.39 is 0 Å². The van der Waals surface area contributed by atoms with Gasteiger partial charge < -0.3 is 9.73 Å². The fourth-order valence-corrected chi connectivity index (χ4v) is 5.17. The molecule has 4 atom stereocenters. The zero-order chi connectivity index (χ0) is 15.8. The van der Waals surface area contributed by atoms with Crippen molar-refractivity contribution in [2.24, 2.45) is 17.8 Å². The molecule has 1 amide bonds. The average Bonchev–Trinajstić information content (AvgIpc) is 3.30. The normalized spacial score (nSPS) is 27.3. The Morgan fingerprint density at radius 2 is 2.39 bits per heavy atom. The van der Waals surface area contributed by atoms with Gasteiger partial charge in [0.1, 0.15) is 0 Å². The summed E-state index contributed by atoms with van der Waals surface area (Å²) in [4.78, 5) is 16.8. The van der Waals surface area contributed by atoms with Crippen molar-refractivity contribution in [1.29, 1.82) is 0 Å². The minimum absolute atomic E-state index is 0.0802. The summed E-state index contributed by atoms with van der Waals surface area (Å²) < 4.78 is 5.35. The molecule has 2 bridgehead atoms. The molecular weight excluding hydrogens is 308 g/mol. The fourth-order valence-electron chi connectivity index (χ4n) is 4.38. The van der Waals surface area contributed by atoms with Crippen LogP contribution < -0.4 is 5.32 Å². The minimum Gasteiger partial charge on any atom is -0.462 e. The SMILES string of the molecule is C[C@@H](NC(=O)Cc1csc(-c2ccco2)n1)[C@H]1C[C@H]2CC[C@H]1C2. The molecule has 2 saturated carbocycles. The fraction of sp³-hybridized carbons (Fsp3) is 0.556. The number of hydrogen-bond donors (Lipinski definition) is 1. The topological polar surface area (TPSA) is 55.1 Å². The van der Waals surface area contributed by atoms with Crippen molar-refractivity contribution in [3.63, 3.8) is 0 Å². The molecule has 0 aromatic carbocycles. The number of nitrogens with zero attached hydrogens (tertiary/aromatic N) is 1. The van der Waals surface area contributed by atoms with E-state index in [1.807, 2.05) is 17.5 Å². The summed E-state index contributed by atoms with van der Waals surface area (Å²) in [6.07, 6.45) is 7.42. The third-order valence-corrected chi connectivity index (χ3v) is 6.35. The first-order valence-corrected chi connectivity index (χ1v) is 9.34. The molecule has 0 spiro atoms. The number of nitrogens with one attached hydrogen (secondary N) is 1. The Bertz CT molecular complexity index is 679. The Balaban J connectivity index is 1.33. The van der Waals surface area contributed by atoms with Gasteiger partial charge in [-0.2, -0.15) is 0 Å². The maximum Gasteiger partial charge on any atom is 0.226 e. The van der Waals surface area contributed by atoms with E-state index in [0.29, 0.717) is 12.3 Å². The molecule has 5 heteroatoms.